The van der Waals surface area contributed by atoms with Crippen molar-refractivity contribution in [2.75, 3.05) is 33.4 Å². The van der Waals surface area contributed by atoms with Crippen LogP contribution in [0, 0.1) is 62.1 Å². The molecule has 1 heterocycles. The van der Waals surface area contributed by atoms with Crippen molar-refractivity contribution in [1.82, 2.24) is 10.6 Å². The molecule has 0 aromatic heterocycles. The van der Waals surface area contributed by atoms with Gasteiger partial charge >= 0.3 is 11.9 Å². The van der Waals surface area contributed by atoms with E-state index >= 15 is 0 Å². The van der Waals surface area contributed by atoms with Crippen molar-refractivity contribution >= 4 is 17.9 Å². The quantitative estimate of drug-likeness (QED) is 0.0893. The number of carboxylic acids is 1. The Kier molecular flexibility index (Phi) is 9.00. The summed E-state index contributed by atoms with van der Waals surface area (Å²) < 4.78 is 19.2. The SMILES string of the molecule is CNC(=N)NCCO[C@H]1[C@H](OC(C)=O)C[C@]23COC[C@@]1(C)[C@@H]2CC[C@H]1C3=CC[C@@]2(C)[C@H](C(=O)O)[C@@](C)([C@H](C)C(C)C)CC[C@]12C. The standard InChI is InChI=1S/C36H59N3O6/c1-21(2)22(3)32(5)14-15-34(7)24-10-11-27-33(6)19-43-20-36(27,25(24)12-13-35(34,8)28(32)30(41)42)18-26(45-23(4)40)29(33)44-17-16-39-31(37)38-9/h12,21-22,24,26-29H,10-11,13-20H2,1-9H3,(H,41,42)(H3,37,38,39)/t22-,24+,26-,27+,28-,29+,32-,33+,34-,35+,36-/m1/s1. The van der Waals surface area contributed by atoms with E-state index in [2.05, 4.69) is 65.2 Å². The summed E-state index contributed by atoms with van der Waals surface area (Å²) in [7, 11) is 1.70. The Hall–Kier alpha value is -2.13. The zero-order valence-electron chi connectivity index (χ0n) is 29.2. The van der Waals surface area contributed by atoms with Crippen LogP contribution in [0.2, 0.25) is 0 Å². The third kappa shape index (κ3) is 5.04. The van der Waals surface area contributed by atoms with E-state index in [-0.39, 0.29) is 51.0 Å². The van der Waals surface area contributed by atoms with Crippen LogP contribution in [-0.4, -0.2) is 68.6 Å². The van der Waals surface area contributed by atoms with Gasteiger partial charge < -0.3 is 30.0 Å². The molecule has 254 valence electrons. The van der Waals surface area contributed by atoms with Crippen molar-refractivity contribution in [2.45, 2.75) is 106 Å². The molecule has 45 heavy (non-hydrogen) atoms. The molecule has 4 N–H and O–H groups in total. The predicted octanol–water partition coefficient (Wildman–Crippen LogP) is 5.64. The van der Waals surface area contributed by atoms with E-state index in [1.54, 1.807) is 7.05 Å². The second kappa shape index (κ2) is 11.8. The highest BCUT2D eigenvalue weighted by Gasteiger charge is 2.72. The number of carboxylic acid groups (broad SMARTS) is 1. The van der Waals surface area contributed by atoms with E-state index in [4.69, 9.17) is 19.6 Å². The molecule has 4 aliphatic carbocycles. The van der Waals surface area contributed by atoms with Crippen LogP contribution in [0.4, 0.5) is 0 Å². The first-order valence-electron chi connectivity index (χ1n) is 17.3. The van der Waals surface area contributed by atoms with Gasteiger partial charge in [0.1, 0.15) is 12.2 Å². The van der Waals surface area contributed by atoms with Crippen molar-refractivity contribution in [3.8, 4) is 0 Å². The molecule has 5 rings (SSSR count). The van der Waals surface area contributed by atoms with Gasteiger partial charge in [0, 0.05) is 31.3 Å². The molecule has 9 heteroatoms. The first-order chi connectivity index (χ1) is 21.0. The summed E-state index contributed by atoms with van der Waals surface area (Å²) in [5.74, 6) is 0.117. The number of esters is 1. The fourth-order valence-corrected chi connectivity index (χ4v) is 11.6. The molecule has 0 aromatic rings. The number of hydrogen-bond donors (Lipinski definition) is 4. The highest BCUT2D eigenvalue weighted by molar-refractivity contribution is 5.76. The molecule has 5 aliphatic rings. The number of aliphatic carboxylic acids is 1. The van der Waals surface area contributed by atoms with Crippen LogP contribution in [0.15, 0.2) is 11.6 Å². The number of guanidine groups is 1. The molecule has 0 aromatic carbocycles. The average molecular weight is 630 g/mol. The summed E-state index contributed by atoms with van der Waals surface area (Å²) >= 11 is 0. The van der Waals surface area contributed by atoms with E-state index in [1.807, 2.05) is 0 Å². The molecule has 11 atom stereocenters. The zero-order chi connectivity index (χ0) is 33.2. The molecule has 2 bridgehead atoms. The molecule has 3 saturated carbocycles. The lowest BCUT2D eigenvalue weighted by molar-refractivity contribution is -0.266. The molecule has 0 radical (unpaired) electrons. The second-order valence-electron chi connectivity index (χ2n) is 16.5. The number of carbonyl (C=O) groups is 2. The van der Waals surface area contributed by atoms with Crippen molar-refractivity contribution in [2.24, 2.45) is 56.7 Å². The maximum Gasteiger partial charge on any atom is 0.307 e. The van der Waals surface area contributed by atoms with Crippen LogP contribution in [0.25, 0.3) is 0 Å². The number of hydrogen-bond acceptors (Lipinski definition) is 6. The second-order valence-corrected chi connectivity index (χ2v) is 16.5. The molecule has 1 saturated heterocycles. The smallest absolute Gasteiger partial charge is 0.307 e. The molecule has 0 amide bonds. The Morgan fingerprint density at radius 1 is 1.11 bits per heavy atom. The van der Waals surface area contributed by atoms with Crippen LogP contribution in [-0.2, 0) is 23.8 Å². The van der Waals surface area contributed by atoms with Gasteiger partial charge in [-0.15, -0.1) is 0 Å². The first kappa shape index (κ1) is 34.2. The third-order valence-corrected chi connectivity index (χ3v) is 14.3. The van der Waals surface area contributed by atoms with Crippen molar-refractivity contribution in [3.63, 3.8) is 0 Å². The topological polar surface area (TPSA) is 130 Å². The molecular formula is C36H59N3O6. The molecule has 9 nitrogen and oxygen atoms in total. The number of ether oxygens (including phenoxy) is 3. The minimum atomic E-state index is -0.650. The zero-order valence-corrected chi connectivity index (χ0v) is 29.2. The number of fused-ring (bicyclic) bond motifs is 3. The minimum Gasteiger partial charge on any atom is -0.481 e. The highest BCUT2D eigenvalue weighted by atomic mass is 16.6. The molecule has 1 aliphatic heterocycles. The summed E-state index contributed by atoms with van der Waals surface area (Å²) in [5, 5.41) is 24.6. The summed E-state index contributed by atoms with van der Waals surface area (Å²) in [4.78, 5) is 25.8. The molecule has 0 unspecified atom stereocenters. The summed E-state index contributed by atoms with van der Waals surface area (Å²) in [6.07, 6.45) is 7.03. The van der Waals surface area contributed by atoms with Gasteiger partial charge in [0.15, 0.2) is 5.96 Å². The van der Waals surface area contributed by atoms with Gasteiger partial charge in [-0.05, 0) is 78.4 Å². The maximum absolute atomic E-state index is 13.3. The fraction of sp³-hybridized carbons (Fsp3) is 0.861. The monoisotopic (exact) mass is 629 g/mol. The van der Waals surface area contributed by atoms with E-state index in [9.17, 15) is 14.7 Å². The normalized spacial score (nSPS) is 44.4. The van der Waals surface area contributed by atoms with Gasteiger partial charge in [0.05, 0.1) is 25.7 Å². The molecule has 0 spiro atoms. The van der Waals surface area contributed by atoms with Crippen LogP contribution in [0.1, 0.15) is 93.9 Å². The van der Waals surface area contributed by atoms with E-state index < -0.39 is 18.0 Å². The van der Waals surface area contributed by atoms with Crippen LogP contribution >= 0.6 is 0 Å². The molecule has 4 fully saturated rings. The highest BCUT2D eigenvalue weighted by Crippen LogP contribution is 2.75. The first-order valence-corrected chi connectivity index (χ1v) is 17.3. The number of nitrogens with one attached hydrogen (secondary N) is 3. The van der Waals surface area contributed by atoms with Gasteiger partial charge in [-0.1, -0.05) is 60.1 Å². The Morgan fingerprint density at radius 2 is 1.82 bits per heavy atom. The van der Waals surface area contributed by atoms with Gasteiger partial charge in [0.2, 0.25) is 0 Å². The largest absolute Gasteiger partial charge is 0.481 e. The number of allylic oxidation sites excluding steroid dienone is 1. The fourth-order valence-electron chi connectivity index (χ4n) is 11.6. The van der Waals surface area contributed by atoms with Crippen LogP contribution < -0.4 is 10.6 Å². The number of rotatable bonds is 8. The lowest BCUT2D eigenvalue weighted by Crippen LogP contribution is -2.70. The maximum atomic E-state index is 13.3. The summed E-state index contributed by atoms with van der Waals surface area (Å²) in [6.45, 7) is 19.4. The van der Waals surface area contributed by atoms with Gasteiger partial charge in [0.25, 0.3) is 0 Å². The summed E-state index contributed by atoms with van der Waals surface area (Å²) in [5.41, 5.74) is -0.0430. The van der Waals surface area contributed by atoms with E-state index in [0.717, 1.165) is 32.1 Å². The van der Waals surface area contributed by atoms with Gasteiger partial charge in [-0.25, -0.2) is 0 Å². The average Bonchev–Trinajstić information content (AvgIpc) is 2.95. The van der Waals surface area contributed by atoms with Crippen molar-refractivity contribution < 1.29 is 28.9 Å². The Labute approximate surface area is 270 Å². The van der Waals surface area contributed by atoms with Crippen molar-refractivity contribution in [3.05, 3.63) is 11.6 Å². The Balaban J connectivity index is 1.53. The predicted molar refractivity (Wildman–Crippen MR) is 174 cm³/mol. The van der Waals surface area contributed by atoms with Gasteiger partial charge in [-0.2, -0.15) is 0 Å². The minimum absolute atomic E-state index is 0.169. The lowest BCUT2D eigenvalue weighted by atomic mass is 9.34. The lowest BCUT2D eigenvalue weighted by Gasteiger charge is -2.71. The molecular weight excluding hydrogens is 570 g/mol. The Bertz CT molecular complexity index is 1220. The van der Waals surface area contributed by atoms with Crippen LogP contribution in [0.3, 0.4) is 0 Å². The number of carbonyl (C=O) groups excluding carboxylic acids is 1. The van der Waals surface area contributed by atoms with E-state index in [0.29, 0.717) is 50.5 Å². The summed E-state index contributed by atoms with van der Waals surface area (Å²) in [6, 6.07) is 0. The van der Waals surface area contributed by atoms with Gasteiger partial charge in [-0.3, -0.25) is 15.0 Å². The Morgan fingerprint density at radius 3 is 2.44 bits per heavy atom. The third-order valence-electron chi connectivity index (χ3n) is 14.3. The van der Waals surface area contributed by atoms with E-state index in [1.165, 1.54) is 12.5 Å². The van der Waals surface area contributed by atoms with Crippen molar-refractivity contribution in [1.29, 1.82) is 5.41 Å². The van der Waals surface area contributed by atoms with Crippen LogP contribution in [0.5, 0.6) is 0 Å².